The molecule has 1 aliphatic heterocycles. The van der Waals surface area contributed by atoms with E-state index in [-0.39, 0.29) is 35.9 Å². The van der Waals surface area contributed by atoms with Crippen molar-refractivity contribution in [3.8, 4) is 5.75 Å². The molecule has 0 spiro atoms. The van der Waals surface area contributed by atoms with Crippen LogP contribution in [0.15, 0.2) is 18.2 Å². The normalized spacial score (nSPS) is 18.9. The Morgan fingerprint density at radius 3 is 2.91 bits per heavy atom. The number of ether oxygens (including phenoxy) is 1. The van der Waals surface area contributed by atoms with Crippen LogP contribution in [0.1, 0.15) is 19.3 Å². The molecule has 1 aromatic carbocycles. The van der Waals surface area contributed by atoms with Gasteiger partial charge in [-0.05, 0) is 37.6 Å². The number of aliphatic hydroxyl groups excluding tert-OH is 1. The van der Waals surface area contributed by atoms with E-state index in [4.69, 9.17) is 11.6 Å². The maximum absolute atomic E-state index is 12.2. The summed E-state index contributed by atoms with van der Waals surface area (Å²) in [6.07, 6.45) is 2.91. The second-order valence-electron chi connectivity index (χ2n) is 5.37. The van der Waals surface area contributed by atoms with Crippen molar-refractivity contribution in [1.82, 2.24) is 4.90 Å². The molecule has 1 heterocycles. The molecule has 1 aliphatic rings. The van der Waals surface area contributed by atoms with Crippen LogP contribution in [-0.4, -0.2) is 48.3 Å². The number of carbonyl (C=O) groups is 1. The Morgan fingerprint density at radius 2 is 2.26 bits per heavy atom. The van der Waals surface area contributed by atoms with Crippen molar-refractivity contribution in [2.45, 2.75) is 31.9 Å². The summed E-state index contributed by atoms with van der Waals surface area (Å²) in [6.45, 7) is -2.00. The van der Waals surface area contributed by atoms with Gasteiger partial charge in [-0.25, -0.2) is 0 Å². The molecule has 8 heteroatoms. The van der Waals surface area contributed by atoms with Gasteiger partial charge in [-0.3, -0.25) is 9.69 Å². The van der Waals surface area contributed by atoms with E-state index in [9.17, 15) is 18.7 Å². The van der Waals surface area contributed by atoms with Gasteiger partial charge in [-0.1, -0.05) is 18.0 Å². The molecule has 2 N–H and O–H groups in total. The number of hydrogen-bond donors (Lipinski definition) is 2. The van der Waals surface area contributed by atoms with Gasteiger partial charge in [0.05, 0.1) is 18.2 Å². The number of rotatable bonds is 6. The van der Waals surface area contributed by atoms with Gasteiger partial charge in [0.15, 0.2) is 0 Å². The first-order valence-electron chi connectivity index (χ1n) is 7.38. The number of halogens is 3. The Labute approximate surface area is 138 Å². The molecule has 1 unspecified atom stereocenters. The van der Waals surface area contributed by atoms with Gasteiger partial charge in [0, 0.05) is 11.7 Å². The van der Waals surface area contributed by atoms with E-state index < -0.39 is 6.61 Å². The lowest BCUT2D eigenvalue weighted by atomic mass is 10.0. The molecule has 5 nitrogen and oxygen atoms in total. The number of likely N-dealkylation sites (tertiary alicyclic amines) is 1. The van der Waals surface area contributed by atoms with Crippen LogP contribution in [0.25, 0.3) is 0 Å². The summed E-state index contributed by atoms with van der Waals surface area (Å²) in [5, 5.41) is 12.0. The Bertz CT molecular complexity index is 545. The highest BCUT2D eigenvalue weighted by atomic mass is 35.5. The van der Waals surface area contributed by atoms with Crippen LogP contribution in [0.3, 0.4) is 0 Å². The highest BCUT2D eigenvalue weighted by Gasteiger charge is 2.23. The Hall–Kier alpha value is -1.44. The van der Waals surface area contributed by atoms with Crippen LogP contribution < -0.4 is 10.1 Å². The fourth-order valence-electron chi connectivity index (χ4n) is 2.63. The first-order valence-corrected chi connectivity index (χ1v) is 7.76. The smallest absolute Gasteiger partial charge is 0.387 e. The quantitative estimate of drug-likeness (QED) is 0.830. The van der Waals surface area contributed by atoms with Crippen LogP contribution in [0, 0.1) is 0 Å². The number of alkyl halides is 2. The molecule has 0 aliphatic carbocycles. The fraction of sp³-hybridized carbons (Fsp3) is 0.533. The molecule has 1 aromatic rings. The Kier molecular flexibility index (Phi) is 6.56. The van der Waals surface area contributed by atoms with Crippen molar-refractivity contribution in [2.75, 3.05) is 25.0 Å². The molecule has 1 atom stereocenters. The van der Waals surface area contributed by atoms with Gasteiger partial charge < -0.3 is 15.2 Å². The lowest BCUT2D eigenvalue weighted by Gasteiger charge is -2.33. The summed E-state index contributed by atoms with van der Waals surface area (Å²) in [7, 11) is 0. The number of hydrogen-bond acceptors (Lipinski definition) is 4. The monoisotopic (exact) mass is 348 g/mol. The summed E-state index contributed by atoms with van der Waals surface area (Å²) in [6, 6.07) is 4.08. The van der Waals surface area contributed by atoms with Crippen LogP contribution in [0.5, 0.6) is 5.75 Å². The average Bonchev–Trinajstić information content (AvgIpc) is 2.50. The highest BCUT2D eigenvalue weighted by molar-refractivity contribution is 6.32. The van der Waals surface area contributed by atoms with E-state index in [2.05, 4.69) is 10.1 Å². The first kappa shape index (κ1) is 17.9. The van der Waals surface area contributed by atoms with Crippen LogP contribution in [-0.2, 0) is 4.79 Å². The molecule has 128 valence electrons. The van der Waals surface area contributed by atoms with E-state index in [1.807, 2.05) is 4.90 Å². The zero-order valence-electron chi connectivity index (χ0n) is 12.5. The molecule has 0 aromatic heterocycles. The van der Waals surface area contributed by atoms with Crippen LogP contribution in [0.4, 0.5) is 14.5 Å². The lowest BCUT2D eigenvalue weighted by Crippen LogP contribution is -2.45. The van der Waals surface area contributed by atoms with Crippen LogP contribution >= 0.6 is 11.6 Å². The average molecular weight is 349 g/mol. The molecule has 1 amide bonds. The largest absolute Gasteiger partial charge is 0.433 e. The molecule has 23 heavy (non-hydrogen) atoms. The second kappa shape index (κ2) is 8.42. The van der Waals surface area contributed by atoms with E-state index in [1.54, 1.807) is 0 Å². The standard InChI is InChI=1S/C15H19ClF2N2O3/c16-12-7-10(4-5-13(12)23-15(17)18)19-14(22)8-20-6-2-1-3-11(20)9-21/h4-5,7,11,15,21H,1-3,6,8-9H2,(H,19,22). The third kappa shape index (κ3) is 5.30. The molecule has 1 fully saturated rings. The van der Waals surface area contributed by atoms with Crippen molar-refractivity contribution < 1.29 is 23.4 Å². The zero-order chi connectivity index (χ0) is 16.8. The number of nitrogens with zero attached hydrogens (tertiary/aromatic N) is 1. The minimum atomic E-state index is -2.96. The van der Waals surface area contributed by atoms with Gasteiger partial charge in [-0.15, -0.1) is 0 Å². The van der Waals surface area contributed by atoms with Gasteiger partial charge in [0.2, 0.25) is 5.91 Å². The Balaban J connectivity index is 1.93. The predicted octanol–water partition coefficient (Wildman–Crippen LogP) is 2.73. The molecule has 2 rings (SSSR count). The number of anilines is 1. The second-order valence-corrected chi connectivity index (χ2v) is 5.78. The maximum Gasteiger partial charge on any atom is 0.387 e. The van der Waals surface area contributed by atoms with Gasteiger partial charge >= 0.3 is 6.61 Å². The van der Waals surface area contributed by atoms with E-state index in [1.165, 1.54) is 18.2 Å². The molecule has 1 saturated heterocycles. The molecule has 0 saturated carbocycles. The molecule has 0 bridgehead atoms. The third-order valence-corrected chi connectivity index (χ3v) is 4.03. The number of amides is 1. The van der Waals surface area contributed by atoms with Crippen LogP contribution in [0.2, 0.25) is 5.02 Å². The summed E-state index contributed by atoms with van der Waals surface area (Å²) in [5.74, 6) is -0.389. The highest BCUT2D eigenvalue weighted by Crippen LogP contribution is 2.29. The minimum absolute atomic E-state index is 0.0000873. The number of nitrogens with one attached hydrogen (secondary N) is 1. The SMILES string of the molecule is O=C(CN1CCCCC1CO)Nc1ccc(OC(F)F)c(Cl)c1. The first-order chi connectivity index (χ1) is 11.0. The number of carbonyl (C=O) groups excluding carboxylic acids is 1. The molecule has 0 radical (unpaired) electrons. The zero-order valence-corrected chi connectivity index (χ0v) is 13.2. The summed E-state index contributed by atoms with van der Waals surface area (Å²) >= 11 is 5.84. The lowest BCUT2D eigenvalue weighted by molar-refractivity contribution is -0.118. The van der Waals surface area contributed by atoms with E-state index in [0.717, 1.165) is 25.8 Å². The number of piperidine rings is 1. The number of benzene rings is 1. The molecular weight excluding hydrogens is 330 g/mol. The van der Waals surface area contributed by atoms with E-state index >= 15 is 0 Å². The topological polar surface area (TPSA) is 61.8 Å². The number of aliphatic hydroxyl groups is 1. The Morgan fingerprint density at radius 1 is 1.48 bits per heavy atom. The third-order valence-electron chi connectivity index (χ3n) is 3.74. The van der Waals surface area contributed by atoms with Crippen molar-refractivity contribution in [1.29, 1.82) is 0 Å². The minimum Gasteiger partial charge on any atom is -0.433 e. The van der Waals surface area contributed by atoms with Crippen molar-refractivity contribution in [2.24, 2.45) is 0 Å². The van der Waals surface area contributed by atoms with Gasteiger partial charge in [0.25, 0.3) is 0 Å². The summed E-state index contributed by atoms with van der Waals surface area (Å²) in [5.41, 5.74) is 0.402. The van der Waals surface area contributed by atoms with Crippen molar-refractivity contribution >= 4 is 23.2 Å². The summed E-state index contributed by atoms with van der Waals surface area (Å²) in [4.78, 5) is 14.0. The van der Waals surface area contributed by atoms with Gasteiger partial charge in [-0.2, -0.15) is 8.78 Å². The fourth-order valence-corrected chi connectivity index (χ4v) is 2.86. The van der Waals surface area contributed by atoms with Crippen molar-refractivity contribution in [3.05, 3.63) is 23.2 Å². The predicted molar refractivity (Wildman–Crippen MR) is 83.0 cm³/mol. The maximum atomic E-state index is 12.2. The van der Waals surface area contributed by atoms with Crippen molar-refractivity contribution in [3.63, 3.8) is 0 Å². The molecular formula is C15H19ClF2N2O3. The van der Waals surface area contributed by atoms with Gasteiger partial charge in [0.1, 0.15) is 5.75 Å². The summed E-state index contributed by atoms with van der Waals surface area (Å²) < 4.78 is 28.6. The van der Waals surface area contributed by atoms with E-state index in [0.29, 0.717) is 5.69 Å².